The molecule has 1 amide bonds. The zero-order valence-corrected chi connectivity index (χ0v) is 15.7. The third kappa shape index (κ3) is 3.07. The molecule has 0 bridgehead atoms. The van der Waals surface area contributed by atoms with Crippen LogP contribution in [-0.2, 0) is 0 Å². The Kier molecular flexibility index (Phi) is 4.36. The Morgan fingerprint density at radius 3 is 2.61 bits per heavy atom. The molecule has 2 saturated heterocycles. The molecule has 0 saturated carbocycles. The number of benzene rings is 2. The molecule has 6 heteroatoms. The Balaban J connectivity index is 1.32. The maximum Gasteiger partial charge on any atom is 0.253 e. The van der Waals surface area contributed by atoms with Gasteiger partial charge in [0.15, 0.2) is 0 Å². The van der Waals surface area contributed by atoms with Gasteiger partial charge in [-0.1, -0.05) is 0 Å². The van der Waals surface area contributed by atoms with Crippen LogP contribution in [-0.4, -0.2) is 57.7 Å². The van der Waals surface area contributed by atoms with Crippen molar-refractivity contribution in [3.8, 4) is 5.69 Å². The summed E-state index contributed by atoms with van der Waals surface area (Å²) in [7, 11) is 0. The number of carbonyl (C=O) groups is 1. The van der Waals surface area contributed by atoms with Crippen LogP contribution in [0.5, 0.6) is 0 Å². The highest BCUT2D eigenvalue weighted by atomic mass is 19.1. The van der Waals surface area contributed by atoms with Gasteiger partial charge in [-0.05, 0) is 74.8 Å². The van der Waals surface area contributed by atoms with E-state index in [-0.39, 0.29) is 11.7 Å². The quantitative estimate of drug-likeness (QED) is 0.701. The molecule has 2 aliphatic rings. The molecular formula is C22H23FN4O. The van der Waals surface area contributed by atoms with Gasteiger partial charge in [-0.3, -0.25) is 9.69 Å². The molecule has 2 aliphatic heterocycles. The first-order valence-corrected chi connectivity index (χ1v) is 9.96. The van der Waals surface area contributed by atoms with Crippen molar-refractivity contribution in [1.29, 1.82) is 0 Å². The number of aromatic nitrogens is 2. The number of hydrogen-bond acceptors (Lipinski definition) is 3. The zero-order valence-electron chi connectivity index (χ0n) is 15.7. The first-order chi connectivity index (χ1) is 13.7. The van der Waals surface area contributed by atoms with E-state index >= 15 is 0 Å². The fraction of sp³-hybridized carbons (Fsp3) is 0.364. The third-order valence-electron chi connectivity index (χ3n) is 6.00. The van der Waals surface area contributed by atoms with Gasteiger partial charge in [-0.25, -0.2) is 9.07 Å². The minimum Gasteiger partial charge on any atom is -0.337 e. The van der Waals surface area contributed by atoms with Gasteiger partial charge in [0.1, 0.15) is 5.82 Å². The molecule has 3 heterocycles. The molecule has 0 unspecified atom stereocenters. The van der Waals surface area contributed by atoms with Crippen LogP contribution in [0.2, 0.25) is 0 Å². The number of hydrogen-bond donors (Lipinski definition) is 0. The van der Waals surface area contributed by atoms with Crippen molar-refractivity contribution in [2.75, 3.05) is 26.2 Å². The van der Waals surface area contributed by atoms with Crippen molar-refractivity contribution in [1.82, 2.24) is 19.6 Å². The van der Waals surface area contributed by atoms with Crippen LogP contribution in [0.1, 0.15) is 29.6 Å². The summed E-state index contributed by atoms with van der Waals surface area (Å²) in [5.74, 6) is -0.175. The van der Waals surface area contributed by atoms with E-state index in [1.54, 1.807) is 16.9 Å². The highest BCUT2D eigenvalue weighted by Gasteiger charge is 2.31. The second-order valence-corrected chi connectivity index (χ2v) is 7.74. The van der Waals surface area contributed by atoms with Gasteiger partial charge in [0.05, 0.1) is 17.4 Å². The van der Waals surface area contributed by atoms with Gasteiger partial charge in [0.2, 0.25) is 0 Å². The molecule has 0 spiro atoms. The first kappa shape index (κ1) is 17.4. The average molecular weight is 378 g/mol. The van der Waals surface area contributed by atoms with Gasteiger partial charge in [-0.2, -0.15) is 5.10 Å². The highest BCUT2D eigenvalue weighted by Crippen LogP contribution is 2.23. The summed E-state index contributed by atoms with van der Waals surface area (Å²) < 4.78 is 15.1. The minimum absolute atomic E-state index is 0.0978. The molecular weight excluding hydrogens is 355 g/mol. The maximum atomic E-state index is 13.4. The molecule has 1 atom stereocenters. The first-order valence-electron chi connectivity index (χ1n) is 9.96. The lowest BCUT2D eigenvalue weighted by Gasteiger charge is -2.23. The summed E-state index contributed by atoms with van der Waals surface area (Å²) in [4.78, 5) is 17.4. The lowest BCUT2D eigenvalue weighted by atomic mass is 10.1. The SMILES string of the molecule is O=C(c1ccc(-n2ncc3cc(F)ccc32)cc1)N1CC[C@@H](N2CCCC2)C1. The van der Waals surface area contributed by atoms with Crippen molar-refractivity contribution < 1.29 is 9.18 Å². The van der Waals surface area contributed by atoms with E-state index in [1.165, 1.54) is 38.1 Å². The van der Waals surface area contributed by atoms with Crippen LogP contribution in [0, 0.1) is 5.82 Å². The molecule has 1 aromatic heterocycles. The normalized spacial score (nSPS) is 20.3. The molecule has 3 aromatic rings. The Hall–Kier alpha value is -2.73. The van der Waals surface area contributed by atoms with E-state index in [0.717, 1.165) is 36.1 Å². The largest absolute Gasteiger partial charge is 0.337 e. The topological polar surface area (TPSA) is 41.4 Å². The molecule has 2 aromatic carbocycles. The van der Waals surface area contributed by atoms with E-state index in [2.05, 4.69) is 10.00 Å². The van der Waals surface area contributed by atoms with E-state index in [0.29, 0.717) is 11.6 Å². The number of nitrogens with zero attached hydrogens (tertiary/aromatic N) is 4. The van der Waals surface area contributed by atoms with Gasteiger partial charge in [0.25, 0.3) is 5.91 Å². The number of amides is 1. The smallest absolute Gasteiger partial charge is 0.253 e. The lowest BCUT2D eigenvalue weighted by Crippen LogP contribution is -2.37. The van der Waals surface area contributed by atoms with Crippen molar-refractivity contribution in [2.24, 2.45) is 0 Å². The predicted molar refractivity (Wildman–Crippen MR) is 106 cm³/mol. The molecule has 2 fully saturated rings. The standard InChI is InChI=1S/C22H23FN4O/c23-18-5-8-21-17(13-18)14-24-27(21)19-6-3-16(4-7-19)22(28)26-12-9-20(15-26)25-10-1-2-11-25/h3-8,13-14,20H,1-2,9-12,15H2/t20-/m1/s1. The summed E-state index contributed by atoms with van der Waals surface area (Å²) in [6, 6.07) is 12.7. The van der Waals surface area contributed by atoms with Crippen LogP contribution in [0.3, 0.4) is 0 Å². The monoisotopic (exact) mass is 378 g/mol. The summed E-state index contributed by atoms with van der Waals surface area (Å²) in [6.07, 6.45) is 5.28. The van der Waals surface area contributed by atoms with Gasteiger partial charge < -0.3 is 4.90 Å². The number of likely N-dealkylation sites (tertiary alicyclic amines) is 2. The predicted octanol–water partition coefficient (Wildman–Crippen LogP) is 3.47. The molecule has 144 valence electrons. The molecule has 0 aliphatic carbocycles. The summed E-state index contributed by atoms with van der Waals surface area (Å²) >= 11 is 0. The maximum absolute atomic E-state index is 13.4. The Morgan fingerprint density at radius 2 is 1.82 bits per heavy atom. The van der Waals surface area contributed by atoms with Crippen LogP contribution in [0.25, 0.3) is 16.6 Å². The van der Waals surface area contributed by atoms with Crippen LogP contribution < -0.4 is 0 Å². The van der Waals surface area contributed by atoms with Crippen molar-refractivity contribution in [3.63, 3.8) is 0 Å². The van der Waals surface area contributed by atoms with Crippen LogP contribution in [0.4, 0.5) is 4.39 Å². The fourth-order valence-electron chi connectivity index (χ4n) is 4.47. The van der Waals surface area contributed by atoms with Crippen LogP contribution >= 0.6 is 0 Å². The number of rotatable bonds is 3. The van der Waals surface area contributed by atoms with Gasteiger partial charge in [0, 0.05) is 30.1 Å². The molecule has 0 N–H and O–H groups in total. The third-order valence-corrected chi connectivity index (χ3v) is 6.00. The molecule has 28 heavy (non-hydrogen) atoms. The van der Waals surface area contributed by atoms with Crippen molar-refractivity contribution in [3.05, 3.63) is 60.0 Å². The van der Waals surface area contributed by atoms with Gasteiger partial charge >= 0.3 is 0 Å². The fourth-order valence-corrected chi connectivity index (χ4v) is 4.47. The Bertz CT molecular complexity index is 1010. The summed E-state index contributed by atoms with van der Waals surface area (Å²) in [5.41, 5.74) is 2.40. The van der Waals surface area contributed by atoms with Crippen molar-refractivity contribution in [2.45, 2.75) is 25.3 Å². The second kappa shape index (κ2) is 7.02. The molecule has 5 nitrogen and oxygen atoms in total. The van der Waals surface area contributed by atoms with E-state index in [1.807, 2.05) is 29.2 Å². The summed E-state index contributed by atoms with van der Waals surface area (Å²) in [6.45, 7) is 4.00. The number of carbonyl (C=O) groups excluding carboxylic acids is 1. The minimum atomic E-state index is -0.272. The zero-order chi connectivity index (χ0) is 19.1. The number of fused-ring (bicyclic) bond motifs is 1. The Labute approximate surface area is 163 Å². The molecule has 5 rings (SSSR count). The van der Waals surface area contributed by atoms with E-state index in [9.17, 15) is 9.18 Å². The number of halogens is 1. The van der Waals surface area contributed by atoms with E-state index in [4.69, 9.17) is 0 Å². The van der Waals surface area contributed by atoms with Crippen molar-refractivity contribution >= 4 is 16.8 Å². The second-order valence-electron chi connectivity index (χ2n) is 7.74. The van der Waals surface area contributed by atoms with E-state index < -0.39 is 0 Å². The highest BCUT2D eigenvalue weighted by molar-refractivity contribution is 5.94. The lowest BCUT2D eigenvalue weighted by molar-refractivity contribution is 0.0780. The summed E-state index contributed by atoms with van der Waals surface area (Å²) in [5, 5.41) is 5.12. The average Bonchev–Trinajstić information content (AvgIpc) is 3.46. The van der Waals surface area contributed by atoms with Crippen LogP contribution in [0.15, 0.2) is 48.7 Å². The molecule has 0 radical (unpaired) electrons. The van der Waals surface area contributed by atoms with Gasteiger partial charge in [-0.15, -0.1) is 0 Å². The Morgan fingerprint density at radius 1 is 1.04 bits per heavy atom.